The van der Waals surface area contributed by atoms with E-state index < -0.39 is 0 Å². The zero-order chi connectivity index (χ0) is 21.1. The third-order valence-electron chi connectivity index (χ3n) is 5.34. The Morgan fingerprint density at radius 2 is 1.83 bits per heavy atom. The Labute approximate surface area is 175 Å². The van der Waals surface area contributed by atoms with Crippen LogP contribution in [0.5, 0.6) is 0 Å². The zero-order valence-corrected chi connectivity index (χ0v) is 17.6. The predicted molar refractivity (Wildman–Crippen MR) is 116 cm³/mol. The van der Waals surface area contributed by atoms with Crippen LogP contribution < -0.4 is 10.2 Å². The van der Waals surface area contributed by atoms with Gasteiger partial charge in [0.05, 0.1) is 21.7 Å². The van der Waals surface area contributed by atoms with E-state index in [9.17, 15) is 14.9 Å². The molecule has 1 unspecified atom stereocenters. The molecule has 0 spiro atoms. The molecular formula is C21H25ClN4O3. The van der Waals surface area contributed by atoms with Gasteiger partial charge in [-0.15, -0.1) is 0 Å². The number of hydrogen-bond acceptors (Lipinski definition) is 5. The van der Waals surface area contributed by atoms with Crippen LogP contribution in [0.4, 0.5) is 17.1 Å². The van der Waals surface area contributed by atoms with Gasteiger partial charge in [0.2, 0.25) is 5.91 Å². The van der Waals surface area contributed by atoms with Crippen LogP contribution in [0, 0.1) is 24.0 Å². The van der Waals surface area contributed by atoms with Gasteiger partial charge in [0, 0.05) is 32.2 Å². The molecule has 2 aromatic rings. The molecule has 2 aromatic carbocycles. The first-order valence-corrected chi connectivity index (χ1v) is 9.95. The van der Waals surface area contributed by atoms with Crippen LogP contribution in [-0.4, -0.2) is 48.0 Å². The summed E-state index contributed by atoms with van der Waals surface area (Å²) >= 11 is 6.31. The number of anilines is 2. The van der Waals surface area contributed by atoms with Crippen LogP contribution in [0.25, 0.3) is 0 Å². The molecule has 1 aliphatic rings. The van der Waals surface area contributed by atoms with Crippen LogP contribution in [0.1, 0.15) is 18.1 Å². The number of benzene rings is 2. The van der Waals surface area contributed by atoms with E-state index in [1.165, 1.54) is 6.07 Å². The van der Waals surface area contributed by atoms with Crippen molar-refractivity contribution < 1.29 is 9.72 Å². The van der Waals surface area contributed by atoms with E-state index >= 15 is 0 Å². The maximum atomic E-state index is 12.8. The van der Waals surface area contributed by atoms with Crippen molar-refractivity contribution in [2.75, 3.05) is 36.4 Å². The molecule has 3 rings (SSSR count). The highest BCUT2D eigenvalue weighted by Gasteiger charge is 2.28. The standard InChI is InChI=1S/C21H25ClN4O3/c1-14-12-15(2)20(17(22)13-14)23-21(27)16(3)24-8-10-25(11-9-24)18-6-4-5-7-19(18)26(28)29/h4-7,12-13,16H,8-11H2,1-3H3,(H,23,27). The normalized spacial score (nSPS) is 15.8. The second kappa shape index (κ2) is 8.80. The van der Waals surface area contributed by atoms with E-state index in [4.69, 9.17) is 11.6 Å². The van der Waals surface area contributed by atoms with Crippen molar-refractivity contribution in [2.24, 2.45) is 0 Å². The predicted octanol–water partition coefficient (Wildman–Crippen LogP) is 4.01. The number of amides is 1. The number of nitro groups is 1. The first-order chi connectivity index (χ1) is 13.8. The van der Waals surface area contributed by atoms with Crippen molar-refractivity contribution >= 4 is 34.6 Å². The van der Waals surface area contributed by atoms with Gasteiger partial charge in [0.1, 0.15) is 5.69 Å². The number of carbonyl (C=O) groups excluding carboxylic acids is 1. The van der Waals surface area contributed by atoms with E-state index in [1.54, 1.807) is 18.2 Å². The second-order valence-electron chi connectivity index (χ2n) is 7.37. The van der Waals surface area contributed by atoms with E-state index in [0.717, 1.165) is 11.1 Å². The van der Waals surface area contributed by atoms with Gasteiger partial charge in [0.15, 0.2) is 0 Å². The number of hydrogen-bond donors (Lipinski definition) is 1. The lowest BCUT2D eigenvalue weighted by Gasteiger charge is -2.38. The quantitative estimate of drug-likeness (QED) is 0.588. The molecule has 0 saturated carbocycles. The number of halogens is 1. The molecule has 7 nitrogen and oxygen atoms in total. The Bertz CT molecular complexity index is 903. The first kappa shape index (κ1) is 21.1. The maximum absolute atomic E-state index is 12.8. The van der Waals surface area contributed by atoms with Gasteiger partial charge in [-0.25, -0.2) is 0 Å². The number of aryl methyl sites for hydroxylation is 2. The van der Waals surface area contributed by atoms with Gasteiger partial charge in [-0.1, -0.05) is 29.8 Å². The van der Waals surface area contributed by atoms with Gasteiger partial charge < -0.3 is 10.2 Å². The minimum absolute atomic E-state index is 0.108. The van der Waals surface area contributed by atoms with Gasteiger partial charge in [-0.2, -0.15) is 0 Å². The van der Waals surface area contributed by atoms with Crippen LogP contribution in [-0.2, 0) is 4.79 Å². The summed E-state index contributed by atoms with van der Waals surface area (Å²) in [6.45, 7) is 8.27. The zero-order valence-electron chi connectivity index (χ0n) is 16.8. The molecule has 1 aliphatic heterocycles. The van der Waals surface area contributed by atoms with E-state index in [0.29, 0.717) is 42.6 Å². The lowest BCUT2D eigenvalue weighted by atomic mass is 10.1. The molecule has 1 saturated heterocycles. The molecule has 154 valence electrons. The summed E-state index contributed by atoms with van der Waals surface area (Å²) in [5.74, 6) is -0.113. The monoisotopic (exact) mass is 416 g/mol. The molecule has 0 aromatic heterocycles. The molecule has 1 fully saturated rings. The van der Waals surface area contributed by atoms with Crippen LogP contribution in [0.15, 0.2) is 36.4 Å². The van der Waals surface area contributed by atoms with E-state index in [1.807, 2.05) is 37.8 Å². The summed E-state index contributed by atoms with van der Waals surface area (Å²) in [5, 5.41) is 14.8. The number of nitrogens with one attached hydrogen (secondary N) is 1. The Balaban J connectivity index is 1.64. The molecule has 0 radical (unpaired) electrons. The van der Waals surface area contributed by atoms with Crippen molar-refractivity contribution in [3.05, 3.63) is 62.7 Å². The summed E-state index contributed by atoms with van der Waals surface area (Å²) in [6, 6.07) is 10.2. The number of piperazine rings is 1. The third-order valence-corrected chi connectivity index (χ3v) is 5.64. The summed E-state index contributed by atoms with van der Waals surface area (Å²) in [5.41, 5.74) is 3.35. The number of carbonyl (C=O) groups is 1. The van der Waals surface area contributed by atoms with Crippen molar-refractivity contribution in [2.45, 2.75) is 26.8 Å². The average molecular weight is 417 g/mol. The van der Waals surface area contributed by atoms with Crippen LogP contribution >= 0.6 is 11.6 Å². The SMILES string of the molecule is Cc1cc(C)c(NC(=O)C(C)N2CCN(c3ccccc3[N+](=O)[O-])CC2)c(Cl)c1. The lowest BCUT2D eigenvalue weighted by molar-refractivity contribution is -0.384. The highest BCUT2D eigenvalue weighted by molar-refractivity contribution is 6.34. The molecule has 8 heteroatoms. The molecule has 0 bridgehead atoms. The molecule has 29 heavy (non-hydrogen) atoms. The minimum atomic E-state index is -0.356. The Morgan fingerprint density at radius 3 is 2.45 bits per heavy atom. The molecule has 1 N–H and O–H groups in total. The topological polar surface area (TPSA) is 78.7 Å². The average Bonchev–Trinajstić information content (AvgIpc) is 2.70. The maximum Gasteiger partial charge on any atom is 0.292 e. The van der Waals surface area contributed by atoms with Crippen LogP contribution in [0.2, 0.25) is 5.02 Å². The Kier molecular flexibility index (Phi) is 6.39. The van der Waals surface area contributed by atoms with Crippen molar-refractivity contribution in [1.29, 1.82) is 0 Å². The summed E-state index contributed by atoms with van der Waals surface area (Å²) in [4.78, 5) is 27.8. The smallest absolute Gasteiger partial charge is 0.292 e. The van der Waals surface area contributed by atoms with Crippen LogP contribution in [0.3, 0.4) is 0 Å². The summed E-state index contributed by atoms with van der Waals surface area (Å²) in [7, 11) is 0. The fourth-order valence-corrected chi connectivity index (χ4v) is 4.07. The van der Waals surface area contributed by atoms with Crippen molar-refractivity contribution in [3.8, 4) is 0 Å². The van der Waals surface area contributed by atoms with E-state index in [-0.39, 0.29) is 22.6 Å². The molecule has 0 aliphatic carbocycles. The Morgan fingerprint density at radius 1 is 1.17 bits per heavy atom. The second-order valence-corrected chi connectivity index (χ2v) is 7.78. The lowest BCUT2D eigenvalue weighted by Crippen LogP contribution is -2.53. The molecule has 1 amide bonds. The molecule has 1 heterocycles. The number of nitro benzene ring substituents is 1. The molecule has 1 atom stereocenters. The fraction of sp³-hybridized carbons (Fsp3) is 0.381. The Hall–Kier alpha value is -2.64. The fourth-order valence-electron chi connectivity index (χ4n) is 3.70. The molecular weight excluding hydrogens is 392 g/mol. The van der Waals surface area contributed by atoms with Crippen molar-refractivity contribution in [3.63, 3.8) is 0 Å². The van der Waals surface area contributed by atoms with Gasteiger partial charge in [-0.3, -0.25) is 19.8 Å². The highest BCUT2D eigenvalue weighted by atomic mass is 35.5. The number of para-hydroxylation sites is 2. The number of rotatable bonds is 5. The summed E-state index contributed by atoms with van der Waals surface area (Å²) in [6.07, 6.45) is 0. The highest BCUT2D eigenvalue weighted by Crippen LogP contribution is 2.29. The van der Waals surface area contributed by atoms with Gasteiger partial charge in [-0.05, 0) is 44.0 Å². The third kappa shape index (κ3) is 4.68. The minimum Gasteiger partial charge on any atom is -0.363 e. The first-order valence-electron chi connectivity index (χ1n) is 9.58. The van der Waals surface area contributed by atoms with Gasteiger partial charge in [0.25, 0.3) is 5.69 Å². The largest absolute Gasteiger partial charge is 0.363 e. The van der Waals surface area contributed by atoms with Crippen molar-refractivity contribution in [1.82, 2.24) is 4.90 Å². The van der Waals surface area contributed by atoms with Gasteiger partial charge >= 0.3 is 0 Å². The summed E-state index contributed by atoms with van der Waals surface area (Å²) < 4.78 is 0. The van der Waals surface area contributed by atoms with E-state index in [2.05, 4.69) is 10.2 Å². The number of nitrogens with zero attached hydrogens (tertiary/aromatic N) is 3.